The van der Waals surface area contributed by atoms with Crippen molar-refractivity contribution in [3.8, 4) is 136 Å². The Morgan fingerprint density at radius 2 is 0.419 bits per heavy atom. The summed E-state index contributed by atoms with van der Waals surface area (Å²) >= 11 is 0. The molecule has 0 amide bonds. The summed E-state index contributed by atoms with van der Waals surface area (Å²) in [5.74, 6) is 3.86. The molecule has 634 valence electrons. The van der Waals surface area contributed by atoms with E-state index in [1.54, 1.807) is 0 Å². The molecule has 27 aromatic rings. The third-order valence-electron chi connectivity index (χ3n) is 26.9. The number of benzene rings is 21. The van der Waals surface area contributed by atoms with Gasteiger partial charge in [-0.25, -0.2) is 29.9 Å². The first kappa shape index (κ1) is 78.6. The van der Waals surface area contributed by atoms with Crippen LogP contribution in [0.4, 0.5) is 0 Å². The predicted molar refractivity (Wildman–Crippen MR) is 564 cm³/mol. The van der Waals surface area contributed by atoms with E-state index in [0.29, 0.717) is 34.9 Å². The maximum absolute atomic E-state index is 5.05. The summed E-state index contributed by atoms with van der Waals surface area (Å²) in [5.41, 5.74) is 29.0. The van der Waals surface area contributed by atoms with Gasteiger partial charge in [0.25, 0.3) is 0 Å². The standard InChI is InChI=1S/C65H41N5.C61H39N5/c1-4-19-42(20-5-1)63-66-64(43-21-6-2-7-22-43)68-65(67-63)47-24-18-23-44(39-47)45-35-37-60-55(40-45)50-28-15-17-34-58(50)70(60)62-53-31-12-10-29-51(53)61(52-30-11-13-32-54(52)62)46-36-38-59-56(41-46)49-27-14-16-33-57(49)69(59)48-25-8-3-9-26-48;1-4-16-41(17-5-1)59-62-60(42-18-6-2-7-19-42)64-61(63-59)43-30-28-40(29-31-43)44-33-36-57-53(38-44)51-25-13-15-27-55(51)66(57)56-37-35-47(48-22-10-11-23-49(48)56)45-32-34-52-50-24-12-14-26-54(50)65(58(52)39-45)46-20-8-3-9-21-46/h1-41H;1-39H. The van der Waals surface area contributed by atoms with Crippen LogP contribution >= 0.6 is 0 Å². The molecular formula is C126H80N10. The molecule has 0 aliphatic heterocycles. The van der Waals surface area contributed by atoms with Gasteiger partial charge in [-0.15, -0.1) is 0 Å². The van der Waals surface area contributed by atoms with Gasteiger partial charge in [-0.05, 0) is 164 Å². The summed E-state index contributed by atoms with van der Waals surface area (Å²) in [6.07, 6.45) is 0. The highest BCUT2D eigenvalue weighted by atomic mass is 15.1. The lowest BCUT2D eigenvalue weighted by atomic mass is 9.90. The number of rotatable bonds is 14. The molecule has 21 aromatic carbocycles. The average Bonchev–Trinajstić information content (AvgIpc) is 1.46. The van der Waals surface area contributed by atoms with Crippen molar-refractivity contribution in [3.05, 3.63) is 485 Å². The molecule has 0 atom stereocenters. The van der Waals surface area contributed by atoms with Gasteiger partial charge in [0.15, 0.2) is 34.9 Å². The van der Waals surface area contributed by atoms with E-state index in [9.17, 15) is 0 Å². The van der Waals surface area contributed by atoms with Gasteiger partial charge in [0.2, 0.25) is 0 Å². The second-order valence-corrected chi connectivity index (χ2v) is 34.7. The van der Waals surface area contributed by atoms with E-state index in [-0.39, 0.29) is 0 Å². The van der Waals surface area contributed by atoms with Crippen LogP contribution in [0.25, 0.3) is 255 Å². The number of para-hydroxylation sites is 6. The van der Waals surface area contributed by atoms with Crippen molar-refractivity contribution in [2.45, 2.75) is 0 Å². The van der Waals surface area contributed by atoms with Gasteiger partial charge in [-0.3, -0.25) is 0 Å². The second kappa shape index (κ2) is 32.9. The monoisotopic (exact) mass is 1730 g/mol. The van der Waals surface area contributed by atoms with Crippen molar-refractivity contribution in [1.29, 1.82) is 0 Å². The van der Waals surface area contributed by atoms with Gasteiger partial charge in [0.1, 0.15) is 0 Å². The number of aromatic nitrogens is 10. The van der Waals surface area contributed by atoms with Gasteiger partial charge < -0.3 is 18.3 Å². The van der Waals surface area contributed by atoms with Crippen LogP contribution in [-0.4, -0.2) is 48.2 Å². The molecule has 10 nitrogen and oxygen atoms in total. The van der Waals surface area contributed by atoms with Crippen molar-refractivity contribution in [2.75, 3.05) is 0 Å². The molecule has 0 radical (unpaired) electrons. The van der Waals surface area contributed by atoms with Gasteiger partial charge in [0, 0.05) is 104 Å². The minimum absolute atomic E-state index is 0.633. The van der Waals surface area contributed by atoms with Crippen LogP contribution in [0.15, 0.2) is 485 Å². The van der Waals surface area contributed by atoms with Crippen LogP contribution in [0, 0.1) is 0 Å². The molecule has 0 fully saturated rings. The Labute approximate surface area is 783 Å². The topological polar surface area (TPSA) is 97.1 Å². The smallest absolute Gasteiger partial charge is 0.164 e. The summed E-state index contributed by atoms with van der Waals surface area (Å²) in [5, 5.41) is 17.0. The van der Waals surface area contributed by atoms with Gasteiger partial charge >= 0.3 is 0 Å². The minimum atomic E-state index is 0.633. The van der Waals surface area contributed by atoms with Crippen molar-refractivity contribution in [3.63, 3.8) is 0 Å². The molecule has 27 rings (SSSR count). The zero-order chi connectivity index (χ0) is 89.7. The second-order valence-electron chi connectivity index (χ2n) is 34.7. The molecule has 136 heavy (non-hydrogen) atoms. The fraction of sp³-hybridized carbons (Fsp3) is 0. The Kier molecular flexibility index (Phi) is 19.0. The van der Waals surface area contributed by atoms with Crippen molar-refractivity contribution in [2.24, 2.45) is 0 Å². The molecule has 0 bridgehead atoms. The maximum Gasteiger partial charge on any atom is 0.164 e. The zero-order valence-electron chi connectivity index (χ0n) is 73.7. The number of hydrogen-bond acceptors (Lipinski definition) is 6. The SMILES string of the molecule is c1ccc(-c2nc(-c3ccccc3)nc(-c3ccc(-c4ccc5c(c4)c4ccccc4n5-c4ccc(-c5ccc6c7ccccc7n(-c7ccccc7)c6c5)c5ccccc45)cc3)n2)cc1.c1ccc(-c2nc(-c3ccccc3)nc(-c3cccc(-c4ccc5c(c4)c4ccccc4n5-c4c5ccccc5c(-c5ccc6c(c5)c5ccccc5n6-c5ccccc5)c5ccccc45)c3)n2)cc1. The summed E-state index contributed by atoms with van der Waals surface area (Å²) in [7, 11) is 0. The molecule has 0 aliphatic carbocycles. The van der Waals surface area contributed by atoms with Gasteiger partial charge in [-0.2, -0.15) is 0 Å². The predicted octanol–water partition coefficient (Wildman–Crippen LogP) is 32.3. The third-order valence-corrected chi connectivity index (χ3v) is 26.9. The van der Waals surface area contributed by atoms with E-state index in [2.05, 4.69) is 382 Å². The minimum Gasteiger partial charge on any atom is -0.309 e. The van der Waals surface area contributed by atoms with E-state index >= 15 is 0 Å². The molecule has 0 saturated heterocycles. The van der Waals surface area contributed by atoms with Crippen molar-refractivity contribution < 1.29 is 0 Å². The van der Waals surface area contributed by atoms with Gasteiger partial charge in [0.05, 0.1) is 55.5 Å². The van der Waals surface area contributed by atoms with Gasteiger partial charge in [-0.1, -0.05) is 382 Å². The Balaban J connectivity index is 0.000000141. The quantitative estimate of drug-likeness (QED) is 0.101. The lowest BCUT2D eigenvalue weighted by Gasteiger charge is -2.19. The summed E-state index contributed by atoms with van der Waals surface area (Å²) in [6, 6.07) is 173. The molecule has 10 heteroatoms. The molecule has 0 unspecified atom stereocenters. The summed E-state index contributed by atoms with van der Waals surface area (Å²) in [4.78, 5) is 29.8. The first-order chi connectivity index (χ1) is 67.5. The Bertz CT molecular complexity index is 9220. The molecule has 6 aromatic heterocycles. The largest absolute Gasteiger partial charge is 0.309 e. The average molecular weight is 1730 g/mol. The molecule has 0 aliphatic rings. The van der Waals surface area contributed by atoms with Crippen LogP contribution in [0.2, 0.25) is 0 Å². The van der Waals surface area contributed by atoms with E-state index < -0.39 is 0 Å². The van der Waals surface area contributed by atoms with Crippen LogP contribution in [-0.2, 0) is 0 Å². The Morgan fingerprint density at radius 1 is 0.132 bits per heavy atom. The van der Waals surface area contributed by atoms with Crippen molar-refractivity contribution >= 4 is 120 Å². The van der Waals surface area contributed by atoms with E-state index in [4.69, 9.17) is 29.9 Å². The van der Waals surface area contributed by atoms with E-state index in [1.807, 2.05) is 121 Å². The van der Waals surface area contributed by atoms with Crippen LogP contribution in [0.1, 0.15) is 0 Å². The first-order valence-electron chi connectivity index (χ1n) is 46.1. The Morgan fingerprint density at radius 3 is 0.897 bits per heavy atom. The lowest BCUT2D eigenvalue weighted by Crippen LogP contribution is -2.00. The maximum atomic E-state index is 5.05. The molecule has 0 spiro atoms. The highest BCUT2D eigenvalue weighted by Crippen LogP contribution is 2.49. The Hall–Kier alpha value is -18.4. The molecule has 0 saturated carbocycles. The highest BCUT2D eigenvalue weighted by Gasteiger charge is 2.26. The normalized spacial score (nSPS) is 11.7. The lowest BCUT2D eigenvalue weighted by molar-refractivity contribution is 1.07. The molecular weight excluding hydrogens is 1650 g/mol. The van der Waals surface area contributed by atoms with E-state index in [0.717, 1.165) is 89.2 Å². The molecule has 6 heterocycles. The summed E-state index contributed by atoms with van der Waals surface area (Å²) in [6.45, 7) is 0. The first-order valence-corrected chi connectivity index (χ1v) is 46.1. The van der Waals surface area contributed by atoms with E-state index in [1.165, 1.54) is 131 Å². The van der Waals surface area contributed by atoms with Crippen molar-refractivity contribution in [1.82, 2.24) is 48.2 Å². The van der Waals surface area contributed by atoms with Crippen LogP contribution in [0.5, 0.6) is 0 Å². The molecule has 0 N–H and O–H groups in total. The third kappa shape index (κ3) is 13.5. The number of hydrogen-bond donors (Lipinski definition) is 0. The fourth-order valence-electron chi connectivity index (χ4n) is 20.7. The number of fused-ring (bicyclic) bond motifs is 15. The number of nitrogens with zero attached hydrogens (tertiary/aromatic N) is 10. The fourth-order valence-corrected chi connectivity index (χ4v) is 20.7. The van der Waals surface area contributed by atoms with Crippen LogP contribution in [0.3, 0.4) is 0 Å². The summed E-state index contributed by atoms with van der Waals surface area (Å²) < 4.78 is 9.72. The highest BCUT2D eigenvalue weighted by molar-refractivity contribution is 6.23. The zero-order valence-corrected chi connectivity index (χ0v) is 73.7. The van der Waals surface area contributed by atoms with Crippen LogP contribution < -0.4 is 0 Å².